The van der Waals surface area contributed by atoms with Crippen LogP contribution in [0.25, 0.3) is 0 Å². The zero-order chi connectivity index (χ0) is 23.8. The van der Waals surface area contributed by atoms with E-state index in [1.54, 1.807) is 36.1 Å². The van der Waals surface area contributed by atoms with Crippen LogP contribution in [0.15, 0.2) is 42.5 Å². The normalized spacial score (nSPS) is 15.2. The van der Waals surface area contributed by atoms with E-state index in [0.29, 0.717) is 15.6 Å². The Balaban J connectivity index is 1.68. The molecule has 2 aromatic rings. The highest BCUT2D eigenvalue weighted by Gasteiger charge is 2.28. The minimum Gasteiger partial charge on any atom is -0.352 e. The fourth-order valence-electron chi connectivity index (χ4n) is 3.98. The molecule has 178 valence electrons. The summed E-state index contributed by atoms with van der Waals surface area (Å²) in [6.45, 7) is 2.01. The molecule has 0 aromatic heterocycles. The van der Waals surface area contributed by atoms with Crippen molar-refractivity contribution in [2.75, 3.05) is 5.75 Å². The molecule has 1 fully saturated rings. The standard InChI is InChI=1S/C25H29Cl2FN2O2S/c1-17(25(32)29-20-9-3-2-4-10-20)30(14-18-7-5-8-19(26)13-18)24(31)16-33-15-21-22(27)11-6-12-23(21)28/h5-8,11-13,17,20H,2-4,9-10,14-16H2,1H3,(H,29,32). The van der Waals surface area contributed by atoms with Crippen molar-refractivity contribution in [3.05, 3.63) is 69.5 Å². The molecule has 0 radical (unpaired) electrons. The number of carbonyl (C=O) groups excluding carboxylic acids is 2. The largest absolute Gasteiger partial charge is 0.352 e. The summed E-state index contributed by atoms with van der Waals surface area (Å²) in [5, 5.41) is 4.03. The Morgan fingerprint density at radius 1 is 1.15 bits per heavy atom. The zero-order valence-corrected chi connectivity index (χ0v) is 21.0. The van der Waals surface area contributed by atoms with Crippen LogP contribution in [0, 0.1) is 5.82 Å². The second kappa shape index (κ2) is 12.6. The van der Waals surface area contributed by atoms with Gasteiger partial charge >= 0.3 is 0 Å². The summed E-state index contributed by atoms with van der Waals surface area (Å²) >= 11 is 13.5. The van der Waals surface area contributed by atoms with Gasteiger partial charge in [0.2, 0.25) is 11.8 Å². The maximum Gasteiger partial charge on any atom is 0.242 e. The summed E-state index contributed by atoms with van der Waals surface area (Å²) in [5.41, 5.74) is 1.22. The zero-order valence-electron chi connectivity index (χ0n) is 18.7. The molecule has 0 spiro atoms. The number of halogens is 3. The SMILES string of the molecule is CC(C(=O)NC1CCCCC1)N(Cc1cccc(Cl)c1)C(=O)CSCc1c(F)cccc1Cl. The molecule has 33 heavy (non-hydrogen) atoms. The maximum atomic E-state index is 14.1. The molecule has 1 unspecified atom stereocenters. The molecule has 2 amide bonds. The van der Waals surface area contributed by atoms with Crippen LogP contribution in [0.1, 0.15) is 50.2 Å². The van der Waals surface area contributed by atoms with E-state index in [0.717, 1.165) is 31.2 Å². The number of benzene rings is 2. The first-order valence-corrected chi connectivity index (χ1v) is 13.1. The Morgan fingerprint density at radius 2 is 1.88 bits per heavy atom. The van der Waals surface area contributed by atoms with Gasteiger partial charge in [-0.25, -0.2) is 4.39 Å². The fraction of sp³-hybridized carbons (Fsp3) is 0.440. The Labute approximate surface area is 209 Å². The Bertz CT molecular complexity index is 949. The molecule has 4 nitrogen and oxygen atoms in total. The van der Waals surface area contributed by atoms with Crippen LogP contribution in [0.5, 0.6) is 0 Å². The van der Waals surface area contributed by atoms with Crippen molar-refractivity contribution < 1.29 is 14.0 Å². The van der Waals surface area contributed by atoms with Crippen LogP contribution in [-0.4, -0.2) is 34.6 Å². The van der Waals surface area contributed by atoms with Crippen molar-refractivity contribution in [2.24, 2.45) is 0 Å². The van der Waals surface area contributed by atoms with Crippen LogP contribution < -0.4 is 5.32 Å². The van der Waals surface area contributed by atoms with E-state index in [9.17, 15) is 14.0 Å². The predicted octanol–water partition coefficient (Wildman–Crippen LogP) is 6.23. The van der Waals surface area contributed by atoms with Gasteiger partial charge in [0.15, 0.2) is 0 Å². The van der Waals surface area contributed by atoms with Gasteiger partial charge in [0.1, 0.15) is 11.9 Å². The topological polar surface area (TPSA) is 49.4 Å². The van der Waals surface area contributed by atoms with Crippen molar-refractivity contribution in [3.8, 4) is 0 Å². The van der Waals surface area contributed by atoms with E-state index in [4.69, 9.17) is 23.2 Å². The highest BCUT2D eigenvalue weighted by molar-refractivity contribution is 7.99. The molecular weight excluding hydrogens is 482 g/mol. The first-order chi connectivity index (χ1) is 15.8. The fourth-order valence-corrected chi connectivity index (χ4v) is 5.44. The molecule has 0 aliphatic heterocycles. The van der Waals surface area contributed by atoms with E-state index >= 15 is 0 Å². The van der Waals surface area contributed by atoms with E-state index in [1.165, 1.54) is 24.2 Å². The Hall–Kier alpha value is -1.76. The first-order valence-electron chi connectivity index (χ1n) is 11.2. The van der Waals surface area contributed by atoms with E-state index in [2.05, 4.69) is 5.32 Å². The van der Waals surface area contributed by atoms with Gasteiger partial charge in [0.05, 0.1) is 5.75 Å². The minimum absolute atomic E-state index is 0.103. The molecule has 1 N–H and O–H groups in total. The number of rotatable bonds is 9. The average molecular weight is 511 g/mol. The Morgan fingerprint density at radius 3 is 2.58 bits per heavy atom. The summed E-state index contributed by atoms with van der Waals surface area (Å²) in [6, 6.07) is 11.3. The monoisotopic (exact) mass is 510 g/mol. The molecule has 1 saturated carbocycles. The highest BCUT2D eigenvalue weighted by atomic mass is 35.5. The van der Waals surface area contributed by atoms with Gasteiger partial charge in [-0.15, -0.1) is 11.8 Å². The average Bonchev–Trinajstić information content (AvgIpc) is 2.79. The van der Waals surface area contributed by atoms with Crippen LogP contribution >= 0.6 is 35.0 Å². The van der Waals surface area contributed by atoms with Gasteiger partial charge < -0.3 is 10.2 Å². The number of nitrogens with zero attached hydrogens (tertiary/aromatic N) is 1. The molecule has 1 aliphatic carbocycles. The summed E-state index contributed by atoms with van der Waals surface area (Å²) in [7, 11) is 0. The molecule has 1 aliphatic rings. The van der Waals surface area contributed by atoms with Crippen molar-refractivity contribution >= 4 is 46.8 Å². The highest BCUT2D eigenvalue weighted by Crippen LogP contribution is 2.25. The minimum atomic E-state index is -0.643. The molecule has 3 rings (SSSR count). The maximum absolute atomic E-state index is 14.1. The van der Waals surface area contributed by atoms with Crippen molar-refractivity contribution in [1.82, 2.24) is 10.2 Å². The van der Waals surface area contributed by atoms with Crippen LogP contribution in [-0.2, 0) is 21.9 Å². The third-order valence-electron chi connectivity index (χ3n) is 5.89. The van der Waals surface area contributed by atoms with E-state index in [1.807, 2.05) is 12.1 Å². The number of hydrogen-bond acceptors (Lipinski definition) is 3. The van der Waals surface area contributed by atoms with Crippen LogP contribution in [0.2, 0.25) is 10.0 Å². The molecule has 0 heterocycles. The number of amides is 2. The second-order valence-corrected chi connectivity index (χ2v) is 10.2. The molecule has 1 atom stereocenters. The lowest BCUT2D eigenvalue weighted by atomic mass is 9.95. The summed E-state index contributed by atoms with van der Waals surface area (Å²) in [6.07, 6.45) is 5.36. The third kappa shape index (κ3) is 7.62. The summed E-state index contributed by atoms with van der Waals surface area (Å²) in [4.78, 5) is 27.8. The second-order valence-electron chi connectivity index (χ2n) is 8.36. The van der Waals surface area contributed by atoms with Crippen molar-refractivity contribution in [2.45, 2.75) is 63.4 Å². The first kappa shape index (κ1) is 25.9. The number of hydrogen-bond donors (Lipinski definition) is 1. The van der Waals surface area contributed by atoms with Crippen molar-refractivity contribution in [3.63, 3.8) is 0 Å². The van der Waals surface area contributed by atoms with E-state index < -0.39 is 11.9 Å². The molecule has 0 bridgehead atoms. The van der Waals surface area contributed by atoms with Gasteiger partial charge in [0, 0.05) is 33.9 Å². The third-order valence-corrected chi connectivity index (χ3v) is 7.43. The van der Waals surface area contributed by atoms with Gasteiger partial charge in [-0.2, -0.15) is 0 Å². The molecule has 0 saturated heterocycles. The number of nitrogens with one attached hydrogen (secondary N) is 1. The summed E-state index contributed by atoms with van der Waals surface area (Å²) < 4.78 is 14.1. The van der Waals surface area contributed by atoms with Gasteiger partial charge in [-0.3, -0.25) is 9.59 Å². The molecule has 8 heteroatoms. The van der Waals surface area contributed by atoms with Crippen LogP contribution in [0.3, 0.4) is 0 Å². The van der Waals surface area contributed by atoms with Gasteiger partial charge in [-0.1, -0.05) is 60.7 Å². The Kier molecular flexibility index (Phi) is 9.90. The number of thioether (sulfide) groups is 1. The predicted molar refractivity (Wildman–Crippen MR) is 134 cm³/mol. The molecule has 2 aromatic carbocycles. The lowest BCUT2D eigenvalue weighted by Crippen LogP contribution is -2.50. The number of carbonyl (C=O) groups is 2. The summed E-state index contributed by atoms with van der Waals surface area (Å²) in [5.74, 6) is -0.367. The lowest BCUT2D eigenvalue weighted by molar-refractivity contribution is -0.139. The molecular formula is C25H29Cl2FN2O2S. The van der Waals surface area contributed by atoms with E-state index in [-0.39, 0.29) is 35.9 Å². The lowest BCUT2D eigenvalue weighted by Gasteiger charge is -2.31. The quantitative estimate of drug-likeness (QED) is 0.434. The van der Waals surface area contributed by atoms with Crippen LogP contribution in [0.4, 0.5) is 4.39 Å². The van der Waals surface area contributed by atoms with Gasteiger partial charge in [-0.05, 0) is 49.6 Å². The van der Waals surface area contributed by atoms with Crippen molar-refractivity contribution in [1.29, 1.82) is 0 Å². The van der Waals surface area contributed by atoms with Gasteiger partial charge in [0.25, 0.3) is 0 Å². The smallest absolute Gasteiger partial charge is 0.242 e.